The Bertz CT molecular complexity index is 495. The Morgan fingerprint density at radius 1 is 1.25 bits per heavy atom. The number of nitrogens with zero attached hydrogens (tertiary/aromatic N) is 3. The minimum Gasteiger partial charge on any atom is -0.372 e. The number of piperazine rings is 1. The van der Waals surface area contributed by atoms with E-state index in [1.54, 1.807) is 0 Å². The molecule has 0 radical (unpaired) electrons. The van der Waals surface area contributed by atoms with Crippen molar-refractivity contribution in [3.63, 3.8) is 0 Å². The molecule has 1 atom stereocenters. The van der Waals surface area contributed by atoms with Crippen molar-refractivity contribution in [2.45, 2.75) is 38.5 Å². The third-order valence-corrected chi connectivity index (χ3v) is 4.40. The largest absolute Gasteiger partial charge is 0.411 e. The van der Waals surface area contributed by atoms with Gasteiger partial charge in [-0.25, -0.2) is 0 Å². The van der Waals surface area contributed by atoms with Gasteiger partial charge in [-0.15, -0.1) is 24.0 Å². The van der Waals surface area contributed by atoms with E-state index < -0.39 is 12.8 Å². The van der Waals surface area contributed by atoms with Gasteiger partial charge in [0.1, 0.15) is 12.7 Å². The zero-order valence-electron chi connectivity index (χ0n) is 16.2. The summed E-state index contributed by atoms with van der Waals surface area (Å²) < 4.78 is 46.1. The summed E-state index contributed by atoms with van der Waals surface area (Å²) in [5.74, 6) is 0.786. The molecule has 0 aromatic heterocycles. The molecular formula is C17H30F3IN4O3. The number of amides is 1. The summed E-state index contributed by atoms with van der Waals surface area (Å²) in [5, 5.41) is 3.19. The highest BCUT2D eigenvalue weighted by atomic mass is 127. The van der Waals surface area contributed by atoms with Crippen LogP contribution >= 0.6 is 24.0 Å². The van der Waals surface area contributed by atoms with E-state index in [0.29, 0.717) is 52.3 Å². The first-order valence-corrected chi connectivity index (χ1v) is 9.49. The van der Waals surface area contributed by atoms with Crippen LogP contribution in [-0.4, -0.2) is 93.0 Å². The molecule has 164 valence electrons. The van der Waals surface area contributed by atoms with E-state index in [1.807, 2.05) is 11.8 Å². The van der Waals surface area contributed by atoms with Crippen LogP contribution in [0.1, 0.15) is 26.2 Å². The molecule has 0 saturated carbocycles. The van der Waals surface area contributed by atoms with Crippen molar-refractivity contribution < 1.29 is 27.4 Å². The van der Waals surface area contributed by atoms with Crippen molar-refractivity contribution in [3.05, 3.63) is 0 Å². The Morgan fingerprint density at radius 2 is 1.93 bits per heavy atom. The van der Waals surface area contributed by atoms with Crippen LogP contribution in [-0.2, 0) is 14.3 Å². The van der Waals surface area contributed by atoms with Crippen LogP contribution in [0, 0.1) is 0 Å². The molecule has 2 fully saturated rings. The first-order chi connectivity index (χ1) is 12.9. The third-order valence-electron chi connectivity index (χ3n) is 4.40. The predicted molar refractivity (Wildman–Crippen MR) is 110 cm³/mol. The SMILES string of the molecule is CCNC(=NCCCOCC(F)(F)F)N1CCN(C(=O)C2CCCO2)CC1.I. The fraction of sp³-hybridized carbons (Fsp3) is 0.882. The van der Waals surface area contributed by atoms with E-state index in [9.17, 15) is 18.0 Å². The zero-order valence-corrected chi connectivity index (χ0v) is 18.5. The molecule has 1 N–H and O–H groups in total. The van der Waals surface area contributed by atoms with Crippen molar-refractivity contribution in [2.24, 2.45) is 4.99 Å². The first kappa shape index (κ1) is 25.2. The van der Waals surface area contributed by atoms with Crippen molar-refractivity contribution in [1.29, 1.82) is 0 Å². The Labute approximate surface area is 181 Å². The third kappa shape index (κ3) is 8.68. The van der Waals surface area contributed by atoms with Gasteiger partial charge in [0.25, 0.3) is 5.91 Å². The van der Waals surface area contributed by atoms with Crippen molar-refractivity contribution in [1.82, 2.24) is 15.1 Å². The molecule has 28 heavy (non-hydrogen) atoms. The van der Waals surface area contributed by atoms with Gasteiger partial charge in [0.15, 0.2) is 5.96 Å². The molecule has 7 nitrogen and oxygen atoms in total. The second-order valence-corrected chi connectivity index (χ2v) is 6.57. The number of alkyl halides is 3. The van der Waals surface area contributed by atoms with E-state index >= 15 is 0 Å². The highest BCUT2D eigenvalue weighted by molar-refractivity contribution is 14.0. The van der Waals surface area contributed by atoms with Gasteiger partial charge in [-0.05, 0) is 26.2 Å². The van der Waals surface area contributed by atoms with Gasteiger partial charge in [-0.2, -0.15) is 13.2 Å². The molecule has 1 unspecified atom stereocenters. The lowest BCUT2D eigenvalue weighted by Crippen LogP contribution is -2.55. The summed E-state index contributed by atoms with van der Waals surface area (Å²) in [7, 11) is 0. The average molecular weight is 522 g/mol. The van der Waals surface area contributed by atoms with E-state index in [1.165, 1.54) is 0 Å². The van der Waals surface area contributed by atoms with Crippen LogP contribution in [0.3, 0.4) is 0 Å². The molecule has 2 aliphatic rings. The number of hydrogen-bond donors (Lipinski definition) is 1. The van der Waals surface area contributed by atoms with Gasteiger partial charge in [0.05, 0.1) is 0 Å². The summed E-state index contributed by atoms with van der Waals surface area (Å²) in [4.78, 5) is 20.8. The molecule has 2 saturated heterocycles. The van der Waals surface area contributed by atoms with Crippen molar-refractivity contribution in [3.8, 4) is 0 Å². The van der Waals surface area contributed by atoms with Crippen LogP contribution in [0.4, 0.5) is 13.2 Å². The van der Waals surface area contributed by atoms with Crippen LogP contribution in [0.15, 0.2) is 4.99 Å². The summed E-state index contributed by atoms with van der Waals surface area (Å²) in [6.07, 6.45) is -2.45. The minimum absolute atomic E-state index is 0. The maximum atomic E-state index is 12.4. The van der Waals surface area contributed by atoms with Gasteiger partial charge in [-0.1, -0.05) is 0 Å². The molecule has 0 aromatic carbocycles. The monoisotopic (exact) mass is 522 g/mol. The predicted octanol–water partition coefficient (Wildman–Crippen LogP) is 1.86. The number of aliphatic imine (C=N–C) groups is 1. The molecule has 2 aliphatic heterocycles. The quantitative estimate of drug-likeness (QED) is 0.240. The Morgan fingerprint density at radius 3 is 2.50 bits per heavy atom. The number of halogens is 4. The first-order valence-electron chi connectivity index (χ1n) is 9.49. The summed E-state index contributed by atoms with van der Waals surface area (Å²) >= 11 is 0. The van der Waals surface area contributed by atoms with Crippen molar-refractivity contribution >= 4 is 35.8 Å². The molecule has 0 spiro atoms. The molecule has 2 heterocycles. The molecule has 2 rings (SSSR count). The Balaban J connectivity index is 0.00000392. The number of ether oxygens (including phenoxy) is 2. The summed E-state index contributed by atoms with van der Waals surface area (Å²) in [6.45, 7) is 5.02. The maximum Gasteiger partial charge on any atom is 0.411 e. The molecule has 11 heteroatoms. The van der Waals surface area contributed by atoms with Gasteiger partial charge in [0.2, 0.25) is 0 Å². The molecule has 0 aliphatic carbocycles. The van der Waals surface area contributed by atoms with E-state index in [2.05, 4.69) is 19.9 Å². The lowest BCUT2D eigenvalue weighted by Gasteiger charge is -2.37. The fourth-order valence-electron chi connectivity index (χ4n) is 3.08. The second-order valence-electron chi connectivity index (χ2n) is 6.57. The molecular weight excluding hydrogens is 492 g/mol. The highest BCUT2D eigenvalue weighted by Gasteiger charge is 2.31. The van der Waals surface area contributed by atoms with Gasteiger partial charge < -0.3 is 24.6 Å². The molecule has 1 amide bonds. The fourth-order valence-corrected chi connectivity index (χ4v) is 3.08. The second kappa shape index (κ2) is 12.7. The topological polar surface area (TPSA) is 66.4 Å². The summed E-state index contributed by atoms with van der Waals surface area (Å²) in [6, 6.07) is 0. The van der Waals surface area contributed by atoms with Crippen molar-refractivity contribution in [2.75, 3.05) is 59.1 Å². The lowest BCUT2D eigenvalue weighted by atomic mass is 10.2. The number of carbonyl (C=O) groups is 1. The maximum absolute atomic E-state index is 12.4. The molecule has 0 aromatic rings. The highest BCUT2D eigenvalue weighted by Crippen LogP contribution is 2.16. The lowest BCUT2D eigenvalue weighted by molar-refractivity contribution is -0.173. The van der Waals surface area contributed by atoms with E-state index in [4.69, 9.17) is 4.74 Å². The minimum atomic E-state index is -4.29. The standard InChI is InChI=1S/C17H29F3N4O3.HI/c1-2-21-16(22-6-4-11-26-13-17(18,19)20)24-9-7-23(8-10-24)15(25)14-5-3-12-27-14;/h14H,2-13H2,1H3,(H,21,22);1H. The number of carbonyl (C=O) groups excluding carboxylic acids is 1. The zero-order chi connectivity index (χ0) is 19.7. The molecule has 0 bridgehead atoms. The number of guanidine groups is 1. The Kier molecular flexibility index (Phi) is 11.4. The van der Waals surface area contributed by atoms with Crippen LogP contribution < -0.4 is 5.32 Å². The average Bonchev–Trinajstić information content (AvgIpc) is 3.17. The van der Waals surface area contributed by atoms with Crippen LogP contribution in [0.2, 0.25) is 0 Å². The van der Waals surface area contributed by atoms with Crippen LogP contribution in [0.25, 0.3) is 0 Å². The number of nitrogens with one attached hydrogen (secondary N) is 1. The number of hydrogen-bond acceptors (Lipinski definition) is 4. The van der Waals surface area contributed by atoms with Gasteiger partial charge in [-0.3, -0.25) is 9.79 Å². The van der Waals surface area contributed by atoms with Gasteiger partial charge >= 0.3 is 6.18 Å². The van der Waals surface area contributed by atoms with E-state index in [0.717, 1.165) is 18.8 Å². The van der Waals surface area contributed by atoms with Gasteiger partial charge in [0, 0.05) is 52.5 Å². The Hall–Kier alpha value is -0.820. The smallest absolute Gasteiger partial charge is 0.372 e. The van der Waals surface area contributed by atoms with Crippen LogP contribution in [0.5, 0.6) is 0 Å². The number of rotatable bonds is 7. The van der Waals surface area contributed by atoms with E-state index in [-0.39, 0.29) is 42.6 Å². The summed E-state index contributed by atoms with van der Waals surface area (Å²) in [5.41, 5.74) is 0. The normalized spacial score (nSPS) is 20.9.